The molecule has 2 aromatic rings. The summed E-state index contributed by atoms with van der Waals surface area (Å²) in [6.45, 7) is 1.24. The lowest BCUT2D eigenvalue weighted by molar-refractivity contribution is -0.123. The van der Waals surface area contributed by atoms with E-state index in [2.05, 4.69) is 31.8 Å². The van der Waals surface area contributed by atoms with Crippen molar-refractivity contribution in [3.63, 3.8) is 0 Å². The van der Waals surface area contributed by atoms with E-state index in [-0.39, 0.29) is 24.5 Å². The van der Waals surface area contributed by atoms with E-state index in [9.17, 15) is 9.59 Å². The first-order chi connectivity index (χ1) is 15.6. The second kappa shape index (κ2) is 13.2. The molecule has 1 saturated heterocycles. The van der Waals surface area contributed by atoms with Gasteiger partial charge in [-0.2, -0.15) is 5.10 Å². The summed E-state index contributed by atoms with van der Waals surface area (Å²) in [5.41, 5.74) is 4.48. The highest BCUT2D eigenvalue weighted by Crippen LogP contribution is 2.21. The van der Waals surface area contributed by atoms with Crippen molar-refractivity contribution in [1.29, 1.82) is 0 Å². The SMILES string of the molecule is O=C(COc1ccc(/C=N\NC(=O)CSCc2ccccc2Br)cc1)NC[C@H]1CCCO1. The molecule has 0 saturated carbocycles. The molecule has 0 aromatic heterocycles. The van der Waals surface area contributed by atoms with E-state index < -0.39 is 0 Å². The Balaban J connectivity index is 1.31. The number of benzene rings is 2. The molecule has 0 unspecified atom stereocenters. The quantitative estimate of drug-likeness (QED) is 0.350. The zero-order valence-corrected chi connectivity index (χ0v) is 20.0. The van der Waals surface area contributed by atoms with Crippen molar-refractivity contribution in [1.82, 2.24) is 10.7 Å². The van der Waals surface area contributed by atoms with Crippen LogP contribution in [0.5, 0.6) is 5.75 Å². The molecule has 0 radical (unpaired) electrons. The minimum atomic E-state index is -0.175. The molecule has 2 aromatic carbocycles. The third kappa shape index (κ3) is 8.64. The predicted octanol–water partition coefficient (Wildman–Crippen LogP) is 3.51. The minimum absolute atomic E-state index is 0.0482. The van der Waals surface area contributed by atoms with Gasteiger partial charge in [-0.1, -0.05) is 34.1 Å². The van der Waals surface area contributed by atoms with Gasteiger partial charge in [-0.15, -0.1) is 11.8 Å². The van der Waals surface area contributed by atoms with Gasteiger partial charge in [-0.25, -0.2) is 5.43 Å². The monoisotopic (exact) mass is 519 g/mol. The lowest BCUT2D eigenvalue weighted by atomic mass is 10.2. The van der Waals surface area contributed by atoms with E-state index in [0.717, 1.165) is 40.8 Å². The summed E-state index contributed by atoms with van der Waals surface area (Å²) in [7, 11) is 0. The maximum absolute atomic E-state index is 11.9. The smallest absolute Gasteiger partial charge is 0.258 e. The number of amides is 2. The number of halogens is 1. The van der Waals surface area contributed by atoms with Crippen molar-refractivity contribution in [3.8, 4) is 5.75 Å². The van der Waals surface area contributed by atoms with Gasteiger partial charge in [0.1, 0.15) is 5.75 Å². The summed E-state index contributed by atoms with van der Waals surface area (Å²) >= 11 is 5.02. The summed E-state index contributed by atoms with van der Waals surface area (Å²) in [5, 5.41) is 6.80. The predicted molar refractivity (Wildman–Crippen MR) is 130 cm³/mol. The van der Waals surface area contributed by atoms with Crippen LogP contribution in [0.2, 0.25) is 0 Å². The molecule has 7 nitrogen and oxygen atoms in total. The number of nitrogens with zero attached hydrogens (tertiary/aromatic N) is 1. The lowest BCUT2D eigenvalue weighted by Gasteiger charge is -2.11. The molecule has 1 fully saturated rings. The number of hydrazone groups is 1. The molecule has 0 aliphatic carbocycles. The molecular weight excluding hydrogens is 494 g/mol. The molecule has 2 amide bonds. The van der Waals surface area contributed by atoms with Gasteiger partial charge in [0.2, 0.25) is 5.91 Å². The van der Waals surface area contributed by atoms with Gasteiger partial charge in [-0.05, 0) is 54.3 Å². The average Bonchev–Trinajstić information content (AvgIpc) is 3.32. The number of thioether (sulfide) groups is 1. The van der Waals surface area contributed by atoms with E-state index in [1.807, 2.05) is 24.3 Å². The molecule has 9 heteroatoms. The number of rotatable bonds is 11. The molecule has 1 aliphatic heterocycles. The Morgan fingerprint density at radius 3 is 2.75 bits per heavy atom. The molecule has 1 aliphatic rings. The summed E-state index contributed by atoms with van der Waals surface area (Å²) in [6.07, 6.45) is 3.70. The molecule has 0 spiro atoms. The molecule has 3 rings (SSSR count). The molecule has 0 bridgehead atoms. The number of hydrogen-bond donors (Lipinski definition) is 2. The highest BCUT2D eigenvalue weighted by Gasteiger charge is 2.16. The number of hydrogen-bond acceptors (Lipinski definition) is 6. The van der Waals surface area contributed by atoms with Crippen molar-refractivity contribution in [2.45, 2.75) is 24.7 Å². The topological polar surface area (TPSA) is 89.0 Å². The number of carbonyl (C=O) groups is 2. The van der Waals surface area contributed by atoms with Crippen molar-refractivity contribution in [2.24, 2.45) is 5.10 Å². The highest BCUT2D eigenvalue weighted by molar-refractivity contribution is 9.10. The summed E-state index contributed by atoms with van der Waals surface area (Å²) in [4.78, 5) is 23.8. The fourth-order valence-electron chi connectivity index (χ4n) is 2.96. The zero-order chi connectivity index (χ0) is 22.6. The molecule has 1 atom stereocenters. The van der Waals surface area contributed by atoms with Crippen LogP contribution in [0.4, 0.5) is 0 Å². The van der Waals surface area contributed by atoms with E-state index >= 15 is 0 Å². The van der Waals surface area contributed by atoms with Crippen LogP contribution in [0, 0.1) is 0 Å². The summed E-state index contributed by atoms with van der Waals surface area (Å²) in [6, 6.07) is 15.1. The first kappa shape index (κ1) is 24.3. The fourth-order valence-corrected chi connectivity index (χ4v) is 4.40. The average molecular weight is 520 g/mol. The Hall–Kier alpha value is -2.36. The lowest BCUT2D eigenvalue weighted by Crippen LogP contribution is -2.35. The van der Waals surface area contributed by atoms with Gasteiger partial charge in [-0.3, -0.25) is 9.59 Å². The van der Waals surface area contributed by atoms with Gasteiger partial charge in [0.15, 0.2) is 6.61 Å². The van der Waals surface area contributed by atoms with E-state index in [0.29, 0.717) is 18.0 Å². The fraction of sp³-hybridized carbons (Fsp3) is 0.348. The van der Waals surface area contributed by atoms with Gasteiger partial charge < -0.3 is 14.8 Å². The summed E-state index contributed by atoms with van der Waals surface area (Å²) in [5.74, 6) is 1.31. The van der Waals surface area contributed by atoms with Crippen LogP contribution < -0.4 is 15.5 Å². The van der Waals surface area contributed by atoms with E-state index in [1.165, 1.54) is 11.8 Å². The van der Waals surface area contributed by atoms with Crippen LogP contribution >= 0.6 is 27.7 Å². The van der Waals surface area contributed by atoms with E-state index in [1.54, 1.807) is 30.5 Å². The Kier molecular flexibility index (Phi) is 10.1. The molecule has 1 heterocycles. The second-order valence-corrected chi connectivity index (χ2v) is 9.01. The zero-order valence-electron chi connectivity index (χ0n) is 17.6. The first-order valence-corrected chi connectivity index (χ1v) is 12.3. The highest BCUT2D eigenvalue weighted by atomic mass is 79.9. The third-order valence-corrected chi connectivity index (χ3v) is 6.41. The third-order valence-electron chi connectivity index (χ3n) is 4.65. The van der Waals surface area contributed by atoms with E-state index in [4.69, 9.17) is 9.47 Å². The Bertz CT molecular complexity index is 918. The van der Waals surface area contributed by atoms with Gasteiger partial charge >= 0.3 is 0 Å². The van der Waals surface area contributed by atoms with Crippen LogP contribution in [0.15, 0.2) is 58.1 Å². The molecule has 170 valence electrons. The Morgan fingerprint density at radius 1 is 1.19 bits per heavy atom. The normalized spacial score (nSPS) is 15.6. The first-order valence-electron chi connectivity index (χ1n) is 10.3. The Labute approximate surface area is 200 Å². The number of carbonyl (C=O) groups excluding carboxylic acids is 2. The standard InChI is InChI=1S/C23H26BrN3O4S/c24-21-6-2-1-4-18(21)15-32-16-23(29)27-26-12-17-7-9-19(10-8-17)31-14-22(28)25-13-20-5-3-11-30-20/h1-2,4,6-10,12,20H,3,5,11,13-16H2,(H,25,28)(H,27,29)/b26-12-/t20-/m1/s1. The molecule has 32 heavy (non-hydrogen) atoms. The van der Waals surface area contributed by atoms with Gasteiger partial charge in [0, 0.05) is 23.4 Å². The number of ether oxygens (including phenoxy) is 2. The summed E-state index contributed by atoms with van der Waals surface area (Å²) < 4.78 is 12.0. The van der Waals surface area contributed by atoms with Crippen molar-refractivity contribution in [3.05, 3.63) is 64.1 Å². The molecular formula is C23H26BrN3O4S. The van der Waals surface area contributed by atoms with Gasteiger partial charge in [0.05, 0.1) is 18.1 Å². The maximum atomic E-state index is 11.9. The minimum Gasteiger partial charge on any atom is -0.484 e. The van der Waals surface area contributed by atoms with Crippen LogP contribution in [0.1, 0.15) is 24.0 Å². The van der Waals surface area contributed by atoms with Crippen LogP contribution in [0.25, 0.3) is 0 Å². The second-order valence-electron chi connectivity index (χ2n) is 7.17. The van der Waals surface area contributed by atoms with Gasteiger partial charge in [0.25, 0.3) is 5.91 Å². The van der Waals surface area contributed by atoms with Crippen LogP contribution in [0.3, 0.4) is 0 Å². The largest absolute Gasteiger partial charge is 0.484 e. The van der Waals surface area contributed by atoms with Crippen molar-refractivity contribution < 1.29 is 19.1 Å². The number of nitrogens with one attached hydrogen (secondary N) is 2. The molecule has 2 N–H and O–H groups in total. The van der Waals surface area contributed by atoms with Crippen LogP contribution in [-0.4, -0.2) is 49.6 Å². The van der Waals surface area contributed by atoms with Crippen molar-refractivity contribution in [2.75, 3.05) is 25.5 Å². The van der Waals surface area contributed by atoms with Crippen LogP contribution in [-0.2, 0) is 20.1 Å². The Morgan fingerprint density at radius 2 is 2.00 bits per heavy atom. The maximum Gasteiger partial charge on any atom is 0.258 e. The van der Waals surface area contributed by atoms with Crippen molar-refractivity contribution >= 4 is 45.7 Å².